The molecule has 27 heavy (non-hydrogen) atoms. The van der Waals surface area contributed by atoms with E-state index in [0.29, 0.717) is 24.1 Å². The van der Waals surface area contributed by atoms with Gasteiger partial charge in [-0.25, -0.2) is 0 Å². The number of aromatic nitrogens is 5. The Hall–Kier alpha value is -2.22. The van der Waals surface area contributed by atoms with E-state index in [0.717, 1.165) is 62.9 Å². The average Bonchev–Trinajstić information content (AvgIpc) is 3.32. The fraction of sp³-hybridized carbons (Fsp3) is 0.684. The first-order valence-corrected chi connectivity index (χ1v) is 10.1. The van der Waals surface area contributed by atoms with Gasteiger partial charge in [-0.1, -0.05) is 13.8 Å². The zero-order valence-electron chi connectivity index (χ0n) is 16.5. The van der Waals surface area contributed by atoms with Crippen LogP contribution in [-0.2, 0) is 19.6 Å². The second kappa shape index (κ2) is 7.42. The van der Waals surface area contributed by atoms with Crippen LogP contribution in [0.5, 0.6) is 0 Å². The second-order valence-electron chi connectivity index (χ2n) is 7.79. The number of piperidine rings is 1. The van der Waals surface area contributed by atoms with E-state index in [-0.39, 0.29) is 5.91 Å². The number of amides is 1. The summed E-state index contributed by atoms with van der Waals surface area (Å²) in [6, 6.07) is 1.96. The van der Waals surface area contributed by atoms with Gasteiger partial charge in [0.25, 0.3) is 5.91 Å². The van der Waals surface area contributed by atoms with E-state index >= 15 is 0 Å². The van der Waals surface area contributed by atoms with Crippen LogP contribution in [0.4, 0.5) is 0 Å². The third-order valence-electron chi connectivity index (χ3n) is 5.71. The molecule has 0 aliphatic carbocycles. The average molecular weight is 371 g/mol. The van der Waals surface area contributed by atoms with Gasteiger partial charge < -0.3 is 14.8 Å². The van der Waals surface area contributed by atoms with Crippen LogP contribution in [0.25, 0.3) is 0 Å². The Morgan fingerprint density at radius 1 is 1.26 bits per heavy atom. The number of carbonyl (C=O) groups excluding carboxylic acids is 1. The van der Waals surface area contributed by atoms with Crippen LogP contribution >= 0.6 is 0 Å². The lowest BCUT2D eigenvalue weighted by molar-refractivity contribution is 0.0697. The molecule has 2 aromatic rings. The number of nitrogens with zero attached hydrogens (tertiary/aromatic N) is 6. The first-order chi connectivity index (χ1) is 13.1. The molecule has 0 saturated carbocycles. The summed E-state index contributed by atoms with van der Waals surface area (Å²) >= 11 is 0. The van der Waals surface area contributed by atoms with Crippen molar-refractivity contribution in [3.05, 3.63) is 29.1 Å². The van der Waals surface area contributed by atoms with Crippen molar-refractivity contribution < 1.29 is 4.79 Å². The summed E-state index contributed by atoms with van der Waals surface area (Å²) in [5, 5.41) is 16.7. The van der Waals surface area contributed by atoms with Crippen LogP contribution in [0.2, 0.25) is 0 Å². The Morgan fingerprint density at radius 2 is 2.04 bits per heavy atom. The quantitative estimate of drug-likeness (QED) is 0.885. The fourth-order valence-corrected chi connectivity index (χ4v) is 4.05. The molecular formula is C19H29N7O. The summed E-state index contributed by atoms with van der Waals surface area (Å²) < 4.78 is 4.10. The van der Waals surface area contributed by atoms with Crippen molar-refractivity contribution in [1.29, 1.82) is 0 Å². The first-order valence-electron chi connectivity index (χ1n) is 10.1. The molecule has 2 aliphatic heterocycles. The van der Waals surface area contributed by atoms with Gasteiger partial charge in [-0.05, 0) is 31.7 Å². The highest BCUT2D eigenvalue weighted by molar-refractivity contribution is 5.92. The van der Waals surface area contributed by atoms with E-state index in [1.54, 1.807) is 0 Å². The molecule has 4 heterocycles. The van der Waals surface area contributed by atoms with Crippen molar-refractivity contribution in [2.45, 2.75) is 65.1 Å². The van der Waals surface area contributed by atoms with Gasteiger partial charge in [-0.3, -0.25) is 9.48 Å². The minimum absolute atomic E-state index is 0.0992. The van der Waals surface area contributed by atoms with E-state index in [4.69, 9.17) is 0 Å². The Balaban J connectivity index is 1.45. The third kappa shape index (κ3) is 3.38. The monoisotopic (exact) mass is 371 g/mol. The topological polar surface area (TPSA) is 80.9 Å². The zero-order valence-corrected chi connectivity index (χ0v) is 16.5. The lowest BCUT2D eigenvalue weighted by Crippen LogP contribution is -2.39. The fourth-order valence-electron chi connectivity index (χ4n) is 4.05. The summed E-state index contributed by atoms with van der Waals surface area (Å²) in [7, 11) is 0. The predicted molar refractivity (Wildman–Crippen MR) is 102 cm³/mol. The number of nitrogens with one attached hydrogen (secondary N) is 1. The van der Waals surface area contributed by atoms with Crippen LogP contribution in [0.1, 0.15) is 73.3 Å². The van der Waals surface area contributed by atoms with Crippen LogP contribution < -0.4 is 5.32 Å². The van der Waals surface area contributed by atoms with Gasteiger partial charge in [0.15, 0.2) is 0 Å². The Labute approximate surface area is 159 Å². The zero-order chi connectivity index (χ0) is 19.0. The lowest BCUT2D eigenvalue weighted by Gasteiger charge is -2.32. The molecule has 0 unspecified atom stereocenters. The van der Waals surface area contributed by atoms with Crippen molar-refractivity contribution in [1.82, 2.24) is 34.8 Å². The molecule has 1 N–H and O–H groups in total. The van der Waals surface area contributed by atoms with Gasteiger partial charge in [0.05, 0.1) is 12.2 Å². The van der Waals surface area contributed by atoms with Gasteiger partial charge in [0.1, 0.15) is 17.3 Å². The van der Waals surface area contributed by atoms with Crippen LogP contribution in [-0.4, -0.2) is 55.0 Å². The molecule has 8 nitrogen and oxygen atoms in total. The number of carbonyl (C=O) groups is 1. The van der Waals surface area contributed by atoms with E-state index in [2.05, 4.69) is 39.0 Å². The second-order valence-corrected chi connectivity index (χ2v) is 7.79. The van der Waals surface area contributed by atoms with E-state index in [1.165, 1.54) is 0 Å². The Morgan fingerprint density at radius 3 is 2.74 bits per heavy atom. The number of rotatable bonds is 4. The van der Waals surface area contributed by atoms with Crippen LogP contribution in [0.3, 0.4) is 0 Å². The molecule has 1 amide bonds. The molecule has 2 aliphatic rings. The van der Waals surface area contributed by atoms with E-state index in [9.17, 15) is 4.79 Å². The highest BCUT2D eigenvalue weighted by Crippen LogP contribution is 2.29. The molecule has 0 atom stereocenters. The van der Waals surface area contributed by atoms with Gasteiger partial charge in [0.2, 0.25) is 0 Å². The normalized spacial score (nSPS) is 18.1. The van der Waals surface area contributed by atoms with Gasteiger partial charge in [0, 0.05) is 38.6 Å². The van der Waals surface area contributed by atoms with E-state index < -0.39 is 0 Å². The predicted octanol–water partition coefficient (Wildman–Crippen LogP) is 1.74. The maximum absolute atomic E-state index is 13.1. The number of fused-ring (bicyclic) bond motifs is 1. The Bertz CT molecular complexity index is 814. The van der Waals surface area contributed by atoms with Gasteiger partial charge >= 0.3 is 0 Å². The first kappa shape index (κ1) is 18.2. The van der Waals surface area contributed by atoms with Crippen molar-refractivity contribution >= 4 is 5.91 Å². The summed E-state index contributed by atoms with van der Waals surface area (Å²) in [5.41, 5.74) is 1.70. The highest BCUT2D eigenvalue weighted by Gasteiger charge is 2.30. The van der Waals surface area contributed by atoms with Crippen LogP contribution in [0, 0.1) is 0 Å². The minimum atomic E-state index is 0.0992. The molecule has 0 radical (unpaired) electrons. The minimum Gasteiger partial charge on any atom is -0.337 e. The molecule has 1 fully saturated rings. The Kier molecular flexibility index (Phi) is 4.99. The van der Waals surface area contributed by atoms with Gasteiger partial charge in [-0.2, -0.15) is 5.10 Å². The lowest BCUT2D eigenvalue weighted by atomic mass is 9.95. The number of likely N-dealkylation sites (tertiary alicyclic amines) is 1. The maximum Gasteiger partial charge on any atom is 0.272 e. The summed E-state index contributed by atoms with van der Waals surface area (Å²) in [6.45, 7) is 11.2. The molecule has 0 bridgehead atoms. The molecule has 4 rings (SSSR count). The molecule has 1 saturated heterocycles. The maximum atomic E-state index is 13.1. The number of aryl methyl sites for hydroxylation is 1. The number of hydrogen-bond acceptors (Lipinski definition) is 5. The smallest absolute Gasteiger partial charge is 0.272 e. The van der Waals surface area contributed by atoms with Gasteiger partial charge in [-0.15, -0.1) is 10.2 Å². The van der Waals surface area contributed by atoms with E-state index in [1.807, 2.05) is 22.6 Å². The van der Waals surface area contributed by atoms with Crippen LogP contribution in [0.15, 0.2) is 6.07 Å². The van der Waals surface area contributed by atoms with Crippen molar-refractivity contribution in [3.8, 4) is 0 Å². The molecule has 2 aromatic heterocycles. The molecule has 0 spiro atoms. The standard InChI is InChI=1S/C19H29N7O/c1-4-26-16(11-15(23-26)13(2)3)19(27)24-8-5-14(6-9-24)18-22-21-17-12-20-7-10-25(17)18/h11,13-14,20H,4-10,12H2,1-3H3. The molecule has 8 heteroatoms. The summed E-state index contributed by atoms with van der Waals surface area (Å²) in [4.78, 5) is 15.0. The molecular weight excluding hydrogens is 342 g/mol. The molecule has 0 aromatic carbocycles. The largest absolute Gasteiger partial charge is 0.337 e. The van der Waals surface area contributed by atoms with Crippen molar-refractivity contribution in [3.63, 3.8) is 0 Å². The summed E-state index contributed by atoms with van der Waals surface area (Å²) in [5.74, 6) is 2.93. The highest BCUT2D eigenvalue weighted by atomic mass is 16.2. The van der Waals surface area contributed by atoms with Crippen molar-refractivity contribution in [2.75, 3.05) is 19.6 Å². The SMILES string of the molecule is CCn1nc(C(C)C)cc1C(=O)N1CCC(c2nnc3n2CCNC3)CC1. The summed E-state index contributed by atoms with van der Waals surface area (Å²) in [6.07, 6.45) is 1.88. The molecule has 146 valence electrons. The number of hydrogen-bond donors (Lipinski definition) is 1. The third-order valence-corrected chi connectivity index (χ3v) is 5.71. The van der Waals surface area contributed by atoms with Crippen molar-refractivity contribution in [2.24, 2.45) is 0 Å².